The number of carbonyl (C=O) groups excluding carboxylic acids is 2. The molecule has 1 atom stereocenters. The van der Waals surface area contributed by atoms with Crippen LogP contribution >= 0.6 is 12.2 Å². The predicted molar refractivity (Wildman–Crippen MR) is 68.5 cm³/mol. The predicted octanol–water partition coefficient (Wildman–Crippen LogP) is 1.82. The largest absolute Gasteiger partial charge is 0.328 e. The maximum atomic E-state index is 13.7. The molecule has 0 radical (unpaired) electrons. The van der Waals surface area contributed by atoms with Gasteiger partial charge < -0.3 is 9.55 Å². The molecule has 5 nitrogen and oxygen atoms in total. The van der Waals surface area contributed by atoms with Crippen LogP contribution in [0.3, 0.4) is 0 Å². The number of hydrogen-bond acceptors (Lipinski definition) is 3. The average molecular weight is 279 g/mol. The van der Waals surface area contributed by atoms with E-state index in [-0.39, 0.29) is 22.6 Å². The van der Waals surface area contributed by atoms with Crippen molar-refractivity contribution in [2.45, 2.75) is 18.9 Å². The number of nitrogens with zero attached hydrogens (tertiary/aromatic N) is 1. The SMILES string of the molecule is O=C1CCC(n2c(=S)[nH]c3c(F)cccc32)C(=O)N1. The van der Waals surface area contributed by atoms with Gasteiger partial charge in [0.1, 0.15) is 17.4 Å². The summed E-state index contributed by atoms with van der Waals surface area (Å²) in [6.45, 7) is 0. The Balaban J connectivity index is 2.18. The Labute approximate surface area is 112 Å². The van der Waals surface area contributed by atoms with E-state index < -0.39 is 17.8 Å². The molecule has 1 unspecified atom stereocenters. The molecule has 3 rings (SSSR count). The van der Waals surface area contributed by atoms with Crippen molar-refractivity contribution in [3.8, 4) is 0 Å². The number of fused-ring (bicyclic) bond motifs is 1. The first-order chi connectivity index (χ1) is 9.08. The van der Waals surface area contributed by atoms with E-state index in [9.17, 15) is 14.0 Å². The van der Waals surface area contributed by atoms with Gasteiger partial charge in [-0.1, -0.05) is 6.07 Å². The zero-order chi connectivity index (χ0) is 13.6. The minimum atomic E-state index is -0.583. The summed E-state index contributed by atoms with van der Waals surface area (Å²) < 4.78 is 15.5. The van der Waals surface area contributed by atoms with Crippen molar-refractivity contribution in [3.05, 3.63) is 28.8 Å². The van der Waals surface area contributed by atoms with E-state index in [0.29, 0.717) is 11.9 Å². The molecule has 2 amide bonds. The number of aromatic amines is 1. The zero-order valence-electron chi connectivity index (χ0n) is 9.77. The summed E-state index contributed by atoms with van der Waals surface area (Å²) in [5.41, 5.74) is 0.802. The maximum absolute atomic E-state index is 13.7. The third-order valence-electron chi connectivity index (χ3n) is 3.22. The Morgan fingerprint density at radius 3 is 2.89 bits per heavy atom. The molecule has 19 heavy (non-hydrogen) atoms. The Hall–Kier alpha value is -2.02. The number of para-hydroxylation sites is 1. The summed E-state index contributed by atoms with van der Waals surface area (Å²) in [7, 11) is 0. The zero-order valence-corrected chi connectivity index (χ0v) is 10.6. The van der Waals surface area contributed by atoms with Gasteiger partial charge in [0.25, 0.3) is 0 Å². The summed E-state index contributed by atoms with van der Waals surface area (Å²) in [5, 5.41) is 2.27. The first-order valence-electron chi connectivity index (χ1n) is 5.80. The van der Waals surface area contributed by atoms with Crippen LogP contribution in [0.5, 0.6) is 0 Å². The molecule has 2 N–H and O–H groups in total. The smallest absolute Gasteiger partial charge is 0.249 e. The van der Waals surface area contributed by atoms with E-state index in [2.05, 4.69) is 10.3 Å². The fraction of sp³-hybridized carbons (Fsp3) is 0.250. The fourth-order valence-corrected chi connectivity index (χ4v) is 2.68. The molecule has 1 fully saturated rings. The van der Waals surface area contributed by atoms with Gasteiger partial charge in [-0.15, -0.1) is 0 Å². The highest BCUT2D eigenvalue weighted by Crippen LogP contribution is 2.26. The lowest BCUT2D eigenvalue weighted by Gasteiger charge is -2.22. The summed E-state index contributed by atoms with van der Waals surface area (Å²) >= 11 is 5.15. The molecule has 2 aromatic rings. The van der Waals surface area contributed by atoms with Crippen LogP contribution in [0.1, 0.15) is 18.9 Å². The lowest BCUT2D eigenvalue weighted by molar-refractivity contribution is -0.135. The van der Waals surface area contributed by atoms with Crippen molar-refractivity contribution in [1.82, 2.24) is 14.9 Å². The van der Waals surface area contributed by atoms with E-state index in [0.717, 1.165) is 0 Å². The molecule has 1 aliphatic rings. The summed E-state index contributed by atoms with van der Waals surface area (Å²) in [5.74, 6) is -1.12. The minimum Gasteiger partial charge on any atom is -0.328 e. The van der Waals surface area contributed by atoms with Gasteiger partial charge in [0.05, 0.1) is 5.52 Å². The van der Waals surface area contributed by atoms with Crippen LogP contribution in [-0.2, 0) is 9.59 Å². The van der Waals surface area contributed by atoms with Crippen molar-refractivity contribution >= 4 is 35.1 Å². The lowest BCUT2D eigenvalue weighted by Crippen LogP contribution is -2.41. The number of nitrogens with one attached hydrogen (secondary N) is 2. The molecule has 0 bridgehead atoms. The fourth-order valence-electron chi connectivity index (χ4n) is 2.35. The molecule has 1 aromatic heterocycles. The van der Waals surface area contributed by atoms with Crippen molar-refractivity contribution < 1.29 is 14.0 Å². The van der Waals surface area contributed by atoms with Gasteiger partial charge in [-0.2, -0.15) is 0 Å². The quantitative estimate of drug-likeness (QED) is 0.618. The van der Waals surface area contributed by atoms with E-state index in [1.165, 1.54) is 6.07 Å². The van der Waals surface area contributed by atoms with Crippen LogP contribution in [0.15, 0.2) is 18.2 Å². The molecule has 1 saturated heterocycles. The first-order valence-corrected chi connectivity index (χ1v) is 6.21. The van der Waals surface area contributed by atoms with Crippen LogP contribution in [0.2, 0.25) is 0 Å². The van der Waals surface area contributed by atoms with Gasteiger partial charge in [0.2, 0.25) is 11.8 Å². The summed E-state index contributed by atoms with van der Waals surface area (Å²) in [6.07, 6.45) is 0.614. The molecular formula is C12H10FN3O2S. The molecule has 0 saturated carbocycles. The summed E-state index contributed by atoms with van der Waals surface area (Å²) in [4.78, 5) is 25.8. The monoisotopic (exact) mass is 279 g/mol. The topological polar surface area (TPSA) is 66.9 Å². The number of hydrogen-bond donors (Lipinski definition) is 2. The average Bonchev–Trinajstić information content (AvgIpc) is 2.68. The second kappa shape index (κ2) is 4.27. The number of rotatable bonds is 1. The second-order valence-electron chi connectivity index (χ2n) is 4.40. The molecule has 1 aromatic carbocycles. The van der Waals surface area contributed by atoms with E-state index in [4.69, 9.17) is 12.2 Å². The normalized spacial score (nSPS) is 19.7. The number of carbonyl (C=O) groups is 2. The molecule has 2 heterocycles. The minimum absolute atomic E-state index is 0.250. The number of amides is 2. The van der Waals surface area contributed by atoms with Crippen molar-refractivity contribution in [2.24, 2.45) is 0 Å². The van der Waals surface area contributed by atoms with Gasteiger partial charge in [0.15, 0.2) is 4.77 Å². The number of aromatic nitrogens is 2. The molecular weight excluding hydrogens is 269 g/mol. The van der Waals surface area contributed by atoms with E-state index in [1.54, 1.807) is 16.7 Å². The molecule has 98 valence electrons. The standard InChI is InChI=1S/C12H10FN3O2S/c13-6-2-1-3-7-10(6)15-12(19)16(7)8-4-5-9(17)14-11(8)18/h1-3,8H,4-5H2,(H,15,19)(H,14,17,18). The van der Waals surface area contributed by atoms with Crippen LogP contribution in [0, 0.1) is 10.6 Å². The number of benzene rings is 1. The van der Waals surface area contributed by atoms with Gasteiger partial charge >= 0.3 is 0 Å². The molecule has 7 heteroatoms. The highest BCUT2D eigenvalue weighted by atomic mass is 32.1. The molecule has 1 aliphatic heterocycles. The van der Waals surface area contributed by atoms with E-state index >= 15 is 0 Å². The summed E-state index contributed by atoms with van der Waals surface area (Å²) in [6, 6.07) is 3.99. The number of piperidine rings is 1. The maximum Gasteiger partial charge on any atom is 0.249 e. The van der Waals surface area contributed by atoms with Gasteiger partial charge in [-0.25, -0.2) is 4.39 Å². The Morgan fingerprint density at radius 1 is 1.37 bits per heavy atom. The number of imide groups is 1. The number of halogens is 1. The van der Waals surface area contributed by atoms with Gasteiger partial charge in [0, 0.05) is 6.42 Å². The van der Waals surface area contributed by atoms with Crippen LogP contribution < -0.4 is 5.32 Å². The Kier molecular flexibility index (Phi) is 2.70. The van der Waals surface area contributed by atoms with Crippen molar-refractivity contribution in [3.63, 3.8) is 0 Å². The van der Waals surface area contributed by atoms with Crippen LogP contribution in [0.4, 0.5) is 4.39 Å². The highest BCUT2D eigenvalue weighted by Gasteiger charge is 2.29. The first kappa shape index (κ1) is 12.0. The third-order valence-corrected chi connectivity index (χ3v) is 3.52. The second-order valence-corrected chi connectivity index (χ2v) is 4.79. The van der Waals surface area contributed by atoms with Crippen LogP contribution in [0.25, 0.3) is 11.0 Å². The van der Waals surface area contributed by atoms with Crippen LogP contribution in [-0.4, -0.2) is 21.4 Å². The van der Waals surface area contributed by atoms with E-state index in [1.807, 2.05) is 0 Å². The van der Waals surface area contributed by atoms with Crippen molar-refractivity contribution in [2.75, 3.05) is 0 Å². The number of H-pyrrole nitrogens is 1. The number of imidazole rings is 1. The highest BCUT2D eigenvalue weighted by molar-refractivity contribution is 7.71. The van der Waals surface area contributed by atoms with Gasteiger partial charge in [-0.3, -0.25) is 14.9 Å². The van der Waals surface area contributed by atoms with Gasteiger partial charge in [-0.05, 0) is 30.8 Å². The third kappa shape index (κ3) is 1.86. The molecule has 0 aliphatic carbocycles. The Morgan fingerprint density at radius 2 is 2.16 bits per heavy atom. The molecule has 0 spiro atoms. The lowest BCUT2D eigenvalue weighted by atomic mass is 10.1. The van der Waals surface area contributed by atoms with Crippen molar-refractivity contribution in [1.29, 1.82) is 0 Å². The Bertz CT molecular complexity index is 749.